The van der Waals surface area contributed by atoms with Gasteiger partial charge in [0.1, 0.15) is 6.54 Å². The minimum Gasteiger partial charge on any atom is -0.328 e. The number of nitrogens with one attached hydrogen (secondary N) is 1. The average molecular weight is 383 g/mol. The van der Waals surface area contributed by atoms with E-state index in [1.807, 2.05) is 29.3 Å². The Morgan fingerprint density at radius 1 is 1.04 bits per heavy atom. The van der Waals surface area contributed by atoms with Gasteiger partial charge in [0.15, 0.2) is 0 Å². The van der Waals surface area contributed by atoms with E-state index in [0.29, 0.717) is 5.56 Å². The lowest BCUT2D eigenvalue weighted by atomic mass is 10.1. The number of hydrogen-bond acceptors (Lipinski definition) is 2. The van der Waals surface area contributed by atoms with Gasteiger partial charge in [0.25, 0.3) is 0 Å². The molecule has 0 bridgehead atoms. The number of hydrogen-bond donors (Lipinski definition) is 1. The van der Waals surface area contributed by atoms with Crippen molar-refractivity contribution >= 4 is 17.8 Å². The van der Waals surface area contributed by atoms with Crippen LogP contribution in [0, 0.1) is 0 Å². The monoisotopic (exact) mass is 382 g/mol. The number of hydrazone groups is 1. The second kappa shape index (κ2) is 8.10. The second-order valence-corrected chi connectivity index (χ2v) is 6.74. The molecule has 3 rings (SSSR count). The van der Waals surface area contributed by atoms with Crippen LogP contribution in [0.25, 0.3) is 0 Å². The van der Waals surface area contributed by atoms with Crippen molar-refractivity contribution in [2.75, 3.05) is 26.2 Å². The van der Waals surface area contributed by atoms with E-state index in [2.05, 4.69) is 5.10 Å². The van der Waals surface area contributed by atoms with Crippen LogP contribution in [0.4, 0.5) is 13.2 Å². The number of benzene rings is 2. The Kier molecular flexibility index (Phi) is 5.84. The van der Waals surface area contributed by atoms with Gasteiger partial charge in [-0.05, 0) is 23.8 Å². The van der Waals surface area contributed by atoms with Gasteiger partial charge in [-0.3, -0.25) is 5.01 Å². The zero-order chi connectivity index (χ0) is 18.6. The number of rotatable bonds is 4. The standard InChI is InChI=1S/C19H19ClF3N3/c20-18-4-2-1-3-16(18)14-25-9-11-26(12-10-25)24-13-15-5-7-17(8-6-15)19(21,22)23/h1-8,13H,9-12,14H2/p+1/b24-13-. The third-order valence-corrected chi connectivity index (χ3v) is 4.82. The highest BCUT2D eigenvalue weighted by molar-refractivity contribution is 6.31. The molecule has 26 heavy (non-hydrogen) atoms. The lowest BCUT2D eigenvalue weighted by Gasteiger charge is -2.30. The molecule has 1 aliphatic heterocycles. The summed E-state index contributed by atoms with van der Waals surface area (Å²) in [7, 11) is 0. The van der Waals surface area contributed by atoms with Gasteiger partial charge in [0.05, 0.1) is 38.0 Å². The summed E-state index contributed by atoms with van der Waals surface area (Å²) in [5.41, 5.74) is 1.15. The van der Waals surface area contributed by atoms with E-state index in [1.54, 1.807) is 6.21 Å². The molecule has 2 aromatic carbocycles. The van der Waals surface area contributed by atoms with Gasteiger partial charge in [-0.25, -0.2) is 0 Å². The number of quaternary nitrogens is 1. The second-order valence-electron chi connectivity index (χ2n) is 6.34. The predicted molar refractivity (Wildman–Crippen MR) is 96.5 cm³/mol. The van der Waals surface area contributed by atoms with Gasteiger partial charge >= 0.3 is 6.18 Å². The Bertz CT molecular complexity index is 751. The van der Waals surface area contributed by atoms with E-state index in [4.69, 9.17) is 11.6 Å². The van der Waals surface area contributed by atoms with E-state index in [-0.39, 0.29) is 0 Å². The minimum atomic E-state index is -4.31. The Balaban J connectivity index is 1.51. The maximum atomic E-state index is 12.6. The topological polar surface area (TPSA) is 20.0 Å². The SMILES string of the molecule is FC(F)(F)c1ccc(/C=N\N2CC[NH+](Cc3ccccc3Cl)CC2)cc1. The predicted octanol–water partition coefficient (Wildman–Crippen LogP) is 3.09. The zero-order valence-electron chi connectivity index (χ0n) is 14.1. The number of piperazine rings is 1. The smallest absolute Gasteiger partial charge is 0.328 e. The van der Waals surface area contributed by atoms with Gasteiger partial charge in [0.2, 0.25) is 0 Å². The molecule has 0 spiro atoms. The van der Waals surface area contributed by atoms with Gasteiger partial charge in [-0.15, -0.1) is 0 Å². The van der Waals surface area contributed by atoms with Crippen molar-refractivity contribution in [1.29, 1.82) is 0 Å². The van der Waals surface area contributed by atoms with Crippen molar-refractivity contribution in [3.63, 3.8) is 0 Å². The van der Waals surface area contributed by atoms with Crippen molar-refractivity contribution < 1.29 is 18.1 Å². The maximum Gasteiger partial charge on any atom is 0.416 e. The van der Waals surface area contributed by atoms with Crippen LogP contribution in [0.5, 0.6) is 0 Å². The summed E-state index contributed by atoms with van der Waals surface area (Å²) in [6, 6.07) is 12.9. The lowest BCUT2D eigenvalue weighted by Crippen LogP contribution is -3.13. The molecule has 0 aromatic heterocycles. The van der Waals surface area contributed by atoms with E-state index < -0.39 is 11.7 Å². The molecule has 7 heteroatoms. The molecule has 1 aliphatic rings. The largest absolute Gasteiger partial charge is 0.416 e. The molecule has 0 amide bonds. The molecule has 0 saturated carbocycles. The van der Waals surface area contributed by atoms with Crippen molar-refractivity contribution in [2.45, 2.75) is 12.7 Å². The normalized spacial score (nSPS) is 16.4. The quantitative estimate of drug-likeness (QED) is 0.806. The molecular formula is C19H20ClF3N3+. The molecule has 1 saturated heterocycles. The van der Waals surface area contributed by atoms with Crippen molar-refractivity contribution in [3.05, 3.63) is 70.2 Å². The molecule has 138 valence electrons. The fraction of sp³-hybridized carbons (Fsp3) is 0.316. The number of halogens is 4. The van der Waals surface area contributed by atoms with Gasteiger partial charge < -0.3 is 4.90 Å². The summed E-state index contributed by atoms with van der Waals surface area (Å²) in [6.45, 7) is 4.37. The van der Waals surface area contributed by atoms with Crippen LogP contribution in [0.1, 0.15) is 16.7 Å². The van der Waals surface area contributed by atoms with E-state index in [1.165, 1.54) is 17.0 Å². The van der Waals surface area contributed by atoms with Crippen LogP contribution in [-0.2, 0) is 12.7 Å². The van der Waals surface area contributed by atoms with E-state index >= 15 is 0 Å². The third-order valence-electron chi connectivity index (χ3n) is 4.45. The molecule has 0 atom stereocenters. The molecule has 0 aliphatic carbocycles. The van der Waals surface area contributed by atoms with Crippen molar-refractivity contribution in [3.8, 4) is 0 Å². The summed E-state index contributed by atoms with van der Waals surface area (Å²) in [5, 5.41) is 7.14. The van der Waals surface area contributed by atoms with Crippen LogP contribution in [0.15, 0.2) is 53.6 Å². The Morgan fingerprint density at radius 3 is 2.31 bits per heavy atom. The van der Waals surface area contributed by atoms with E-state index in [9.17, 15) is 13.2 Å². The Morgan fingerprint density at radius 2 is 1.69 bits per heavy atom. The summed E-state index contributed by atoms with van der Waals surface area (Å²) in [6.07, 6.45) is -2.70. The van der Waals surface area contributed by atoms with Crippen molar-refractivity contribution in [2.24, 2.45) is 5.10 Å². The van der Waals surface area contributed by atoms with E-state index in [0.717, 1.165) is 55.4 Å². The summed E-state index contributed by atoms with van der Waals surface area (Å²) in [4.78, 5) is 1.44. The van der Waals surface area contributed by atoms with Crippen LogP contribution in [0.2, 0.25) is 5.02 Å². The highest BCUT2D eigenvalue weighted by Crippen LogP contribution is 2.28. The zero-order valence-corrected chi connectivity index (χ0v) is 14.9. The third kappa shape index (κ3) is 4.99. The summed E-state index contributed by atoms with van der Waals surface area (Å²) >= 11 is 6.21. The highest BCUT2D eigenvalue weighted by Gasteiger charge is 2.29. The van der Waals surface area contributed by atoms with Gasteiger partial charge in [0, 0.05) is 10.6 Å². The fourth-order valence-electron chi connectivity index (χ4n) is 2.92. The Labute approximate surface area is 155 Å². The molecule has 1 heterocycles. The Hall–Kier alpha value is -2.05. The molecule has 0 unspecified atom stereocenters. The molecular weight excluding hydrogens is 363 g/mol. The average Bonchev–Trinajstić information content (AvgIpc) is 2.63. The molecule has 2 aromatic rings. The van der Waals surface area contributed by atoms with Crippen molar-refractivity contribution in [1.82, 2.24) is 5.01 Å². The number of alkyl halides is 3. The maximum absolute atomic E-state index is 12.6. The first-order valence-electron chi connectivity index (χ1n) is 8.45. The fourth-order valence-corrected chi connectivity index (χ4v) is 3.12. The summed E-state index contributed by atoms with van der Waals surface area (Å²) < 4.78 is 37.7. The summed E-state index contributed by atoms with van der Waals surface area (Å²) in [5.74, 6) is 0. The first kappa shape index (κ1) is 18.7. The molecule has 1 N–H and O–H groups in total. The molecule has 3 nitrogen and oxygen atoms in total. The molecule has 1 fully saturated rings. The number of nitrogens with zero attached hydrogens (tertiary/aromatic N) is 2. The minimum absolute atomic E-state index is 0.647. The lowest BCUT2D eigenvalue weighted by molar-refractivity contribution is -0.918. The molecule has 0 radical (unpaired) electrons. The van der Waals surface area contributed by atoms with Crippen LogP contribution in [0.3, 0.4) is 0 Å². The highest BCUT2D eigenvalue weighted by atomic mass is 35.5. The van der Waals surface area contributed by atoms with Crippen LogP contribution < -0.4 is 4.90 Å². The first-order valence-corrected chi connectivity index (χ1v) is 8.83. The van der Waals surface area contributed by atoms with Crippen LogP contribution in [-0.4, -0.2) is 37.4 Å². The van der Waals surface area contributed by atoms with Gasteiger partial charge in [-0.2, -0.15) is 18.3 Å². The first-order chi connectivity index (χ1) is 12.4. The van der Waals surface area contributed by atoms with Crippen LogP contribution >= 0.6 is 11.6 Å². The van der Waals surface area contributed by atoms with Gasteiger partial charge in [-0.1, -0.05) is 41.9 Å².